The van der Waals surface area contributed by atoms with Crippen LogP contribution < -0.4 is 4.72 Å². The maximum Gasteiger partial charge on any atom is 0.264 e. The smallest absolute Gasteiger partial charge is 0.264 e. The molecule has 0 saturated carbocycles. The van der Waals surface area contributed by atoms with Gasteiger partial charge in [0.15, 0.2) is 0 Å². The molecular weight excluding hydrogens is 321 g/mol. The highest BCUT2D eigenvalue weighted by atomic mass is 35.5. The molecule has 2 rings (SSSR count). The van der Waals surface area contributed by atoms with Gasteiger partial charge in [-0.05, 0) is 32.0 Å². The Morgan fingerprint density at radius 3 is 2.65 bits per heavy atom. The summed E-state index contributed by atoms with van der Waals surface area (Å²) in [5.74, 6) is 0.390. The minimum absolute atomic E-state index is 0.0619. The van der Waals surface area contributed by atoms with Crippen molar-refractivity contribution >= 4 is 39.0 Å². The quantitative estimate of drug-likeness (QED) is 0.933. The fourth-order valence-electron chi connectivity index (χ4n) is 1.74. The average molecular weight is 334 g/mol. The summed E-state index contributed by atoms with van der Waals surface area (Å²) in [4.78, 5) is -0.0619. The molecule has 20 heavy (non-hydrogen) atoms. The summed E-state index contributed by atoms with van der Waals surface area (Å²) in [6, 6.07) is 5.94. The van der Waals surface area contributed by atoms with Crippen LogP contribution in [0.1, 0.15) is 12.6 Å². The number of nitrogens with zero attached hydrogens (tertiary/aromatic N) is 2. The van der Waals surface area contributed by atoms with Crippen LogP contribution >= 0.6 is 23.2 Å². The van der Waals surface area contributed by atoms with Gasteiger partial charge < -0.3 is 0 Å². The largest absolute Gasteiger partial charge is 0.264 e. The third-order valence-corrected chi connectivity index (χ3v) is 4.69. The summed E-state index contributed by atoms with van der Waals surface area (Å²) in [6.07, 6.45) is 0. The number of anilines is 1. The number of hydrogen-bond acceptors (Lipinski definition) is 3. The van der Waals surface area contributed by atoms with E-state index in [-0.39, 0.29) is 9.92 Å². The fraction of sp³-hybridized carbons (Fsp3) is 0.250. The lowest BCUT2D eigenvalue weighted by Gasteiger charge is -2.10. The highest BCUT2D eigenvalue weighted by Gasteiger charge is 2.20. The number of halogens is 2. The van der Waals surface area contributed by atoms with Crippen LogP contribution in [0, 0.1) is 6.92 Å². The Labute approximate surface area is 127 Å². The van der Waals surface area contributed by atoms with Crippen molar-refractivity contribution in [3.05, 3.63) is 40.0 Å². The molecule has 0 aliphatic carbocycles. The Morgan fingerprint density at radius 2 is 2.00 bits per heavy atom. The number of sulfonamides is 1. The third-order valence-electron chi connectivity index (χ3n) is 2.62. The van der Waals surface area contributed by atoms with E-state index in [2.05, 4.69) is 9.82 Å². The number of rotatable bonds is 4. The molecule has 0 fully saturated rings. The molecule has 1 aromatic heterocycles. The molecule has 0 amide bonds. The molecule has 0 spiro atoms. The monoisotopic (exact) mass is 333 g/mol. The van der Waals surface area contributed by atoms with Crippen LogP contribution in [0.4, 0.5) is 5.82 Å². The van der Waals surface area contributed by atoms with Gasteiger partial charge in [-0.25, -0.2) is 13.1 Å². The second-order valence-corrected chi connectivity index (χ2v) is 6.66. The first-order valence-corrected chi connectivity index (χ1v) is 8.09. The molecule has 1 N–H and O–H groups in total. The lowest BCUT2D eigenvalue weighted by Crippen LogP contribution is -2.16. The van der Waals surface area contributed by atoms with E-state index < -0.39 is 10.0 Å². The van der Waals surface area contributed by atoms with E-state index in [1.807, 2.05) is 6.92 Å². The van der Waals surface area contributed by atoms with Crippen molar-refractivity contribution in [1.29, 1.82) is 0 Å². The second kappa shape index (κ2) is 5.63. The Balaban J connectivity index is 2.43. The topological polar surface area (TPSA) is 64.0 Å². The first-order valence-electron chi connectivity index (χ1n) is 5.86. The minimum Gasteiger partial charge on any atom is -0.264 e. The van der Waals surface area contributed by atoms with E-state index in [1.54, 1.807) is 17.7 Å². The predicted molar refractivity (Wildman–Crippen MR) is 79.9 cm³/mol. The van der Waals surface area contributed by atoms with E-state index >= 15 is 0 Å². The zero-order valence-corrected chi connectivity index (χ0v) is 13.2. The van der Waals surface area contributed by atoms with Crippen molar-refractivity contribution in [2.75, 3.05) is 4.72 Å². The van der Waals surface area contributed by atoms with Crippen LogP contribution in [0.25, 0.3) is 0 Å². The van der Waals surface area contributed by atoms with Gasteiger partial charge >= 0.3 is 0 Å². The average Bonchev–Trinajstić information content (AvgIpc) is 2.71. The van der Waals surface area contributed by atoms with E-state index in [9.17, 15) is 8.42 Å². The molecule has 108 valence electrons. The van der Waals surface area contributed by atoms with Gasteiger partial charge in [-0.3, -0.25) is 4.72 Å². The van der Waals surface area contributed by atoms with Gasteiger partial charge in [-0.2, -0.15) is 5.10 Å². The van der Waals surface area contributed by atoms with Crippen molar-refractivity contribution in [2.24, 2.45) is 0 Å². The van der Waals surface area contributed by atoms with Gasteiger partial charge in [0.1, 0.15) is 10.7 Å². The van der Waals surface area contributed by atoms with Gasteiger partial charge in [0.25, 0.3) is 10.0 Å². The molecule has 0 unspecified atom stereocenters. The summed E-state index contributed by atoms with van der Waals surface area (Å²) in [5.41, 5.74) is 0.724. The van der Waals surface area contributed by atoms with Crippen LogP contribution in [-0.2, 0) is 16.6 Å². The van der Waals surface area contributed by atoms with Gasteiger partial charge in [0.2, 0.25) is 0 Å². The van der Waals surface area contributed by atoms with E-state index in [0.717, 1.165) is 5.69 Å². The van der Waals surface area contributed by atoms with Crippen molar-refractivity contribution in [3.8, 4) is 0 Å². The van der Waals surface area contributed by atoms with Crippen LogP contribution in [0.2, 0.25) is 10.0 Å². The molecule has 1 heterocycles. The summed E-state index contributed by atoms with van der Waals surface area (Å²) in [5, 5.41) is 4.59. The Hall–Kier alpha value is -1.24. The van der Waals surface area contributed by atoms with E-state index in [0.29, 0.717) is 17.4 Å². The van der Waals surface area contributed by atoms with E-state index in [4.69, 9.17) is 23.2 Å². The fourth-order valence-corrected chi connectivity index (χ4v) is 3.56. The van der Waals surface area contributed by atoms with Crippen LogP contribution in [0.15, 0.2) is 29.2 Å². The number of nitrogens with one attached hydrogen (secondary N) is 1. The Morgan fingerprint density at radius 1 is 1.30 bits per heavy atom. The summed E-state index contributed by atoms with van der Waals surface area (Å²) in [7, 11) is -3.81. The highest BCUT2D eigenvalue weighted by molar-refractivity contribution is 7.92. The Kier molecular flexibility index (Phi) is 4.27. The van der Waals surface area contributed by atoms with Gasteiger partial charge in [-0.1, -0.05) is 23.2 Å². The minimum atomic E-state index is -3.81. The second-order valence-electron chi connectivity index (χ2n) is 4.17. The number of aromatic nitrogens is 2. The summed E-state index contributed by atoms with van der Waals surface area (Å²) in [6.45, 7) is 4.21. The molecule has 0 aliphatic heterocycles. The predicted octanol–water partition coefficient (Wildman–Crippen LogP) is 3.32. The molecule has 1 aromatic carbocycles. The van der Waals surface area contributed by atoms with Crippen LogP contribution in [-0.4, -0.2) is 18.2 Å². The van der Waals surface area contributed by atoms with Gasteiger partial charge in [-0.15, -0.1) is 0 Å². The normalized spacial score (nSPS) is 11.6. The molecule has 0 aliphatic rings. The number of hydrogen-bond donors (Lipinski definition) is 1. The van der Waals surface area contributed by atoms with Gasteiger partial charge in [0.05, 0.1) is 10.7 Å². The standard InChI is InChI=1S/C12H13Cl2N3O2S/c1-3-17-12(6-8(2)15-17)16-20(18,19)11-7-9(13)4-5-10(11)14/h4-7,16H,3H2,1-2H3. The Bertz CT molecular complexity index is 741. The van der Waals surface area contributed by atoms with Crippen molar-refractivity contribution in [3.63, 3.8) is 0 Å². The highest BCUT2D eigenvalue weighted by Crippen LogP contribution is 2.27. The molecule has 2 aromatic rings. The molecule has 8 heteroatoms. The number of aryl methyl sites for hydroxylation is 2. The maximum absolute atomic E-state index is 12.4. The SMILES string of the molecule is CCn1nc(C)cc1NS(=O)(=O)c1cc(Cl)ccc1Cl. The van der Waals surface area contributed by atoms with Crippen LogP contribution in [0.5, 0.6) is 0 Å². The molecule has 0 bridgehead atoms. The third kappa shape index (κ3) is 3.08. The summed E-state index contributed by atoms with van der Waals surface area (Å²) < 4.78 is 28.7. The van der Waals surface area contributed by atoms with Gasteiger partial charge in [0, 0.05) is 17.6 Å². The zero-order valence-electron chi connectivity index (χ0n) is 10.9. The number of benzene rings is 1. The van der Waals surface area contributed by atoms with Crippen molar-refractivity contribution < 1.29 is 8.42 Å². The molecule has 0 saturated heterocycles. The molecular formula is C12H13Cl2N3O2S. The van der Waals surface area contributed by atoms with Crippen LogP contribution in [0.3, 0.4) is 0 Å². The summed E-state index contributed by atoms with van der Waals surface area (Å²) >= 11 is 11.7. The van der Waals surface area contributed by atoms with Crippen molar-refractivity contribution in [2.45, 2.75) is 25.3 Å². The zero-order chi connectivity index (χ0) is 14.9. The lowest BCUT2D eigenvalue weighted by molar-refractivity contribution is 0.599. The maximum atomic E-state index is 12.4. The molecule has 5 nitrogen and oxygen atoms in total. The molecule has 0 atom stereocenters. The van der Waals surface area contributed by atoms with Crippen molar-refractivity contribution in [1.82, 2.24) is 9.78 Å². The van der Waals surface area contributed by atoms with E-state index in [1.165, 1.54) is 18.2 Å². The first-order chi connectivity index (χ1) is 9.33. The lowest BCUT2D eigenvalue weighted by atomic mass is 10.4. The molecule has 0 radical (unpaired) electrons. The first kappa shape index (κ1) is 15.2.